The van der Waals surface area contributed by atoms with Crippen LogP contribution in [0.25, 0.3) is 0 Å². The first-order chi connectivity index (χ1) is 11.4. The quantitative estimate of drug-likeness (QED) is 0.862. The molecule has 2 saturated carbocycles. The van der Waals surface area contributed by atoms with Gasteiger partial charge in [0, 0.05) is 38.3 Å². The van der Waals surface area contributed by atoms with Crippen molar-refractivity contribution in [1.82, 2.24) is 14.7 Å². The maximum atomic E-state index is 12.6. The Kier molecular flexibility index (Phi) is 4.89. The van der Waals surface area contributed by atoms with Gasteiger partial charge in [-0.1, -0.05) is 6.42 Å². The van der Waals surface area contributed by atoms with E-state index in [4.69, 9.17) is 5.73 Å². The molecule has 1 aromatic rings. The number of rotatable bonds is 4. The van der Waals surface area contributed by atoms with Crippen LogP contribution in [0.2, 0.25) is 0 Å². The van der Waals surface area contributed by atoms with Crippen molar-refractivity contribution in [2.45, 2.75) is 44.7 Å². The molecule has 0 radical (unpaired) electrons. The molecule has 2 bridgehead atoms. The third-order valence-corrected chi connectivity index (χ3v) is 5.47. The van der Waals surface area contributed by atoms with E-state index < -0.39 is 0 Å². The number of hydrogen-bond donors (Lipinski definition) is 2. The number of nitrogens with two attached hydrogens (primary N) is 1. The largest absolute Gasteiger partial charge is 0.347 e. The number of nitrogens with one attached hydrogen (secondary N) is 1. The highest BCUT2D eigenvalue weighted by Gasteiger charge is 2.40. The fourth-order valence-corrected chi connectivity index (χ4v) is 4.03. The molecule has 2 amide bonds. The van der Waals surface area contributed by atoms with Gasteiger partial charge in [0.1, 0.15) is 6.54 Å². The first-order valence-corrected chi connectivity index (χ1v) is 8.74. The molecule has 7 heteroatoms. The Labute approximate surface area is 142 Å². The zero-order valence-corrected chi connectivity index (χ0v) is 14.4. The molecule has 0 saturated heterocycles. The minimum absolute atomic E-state index is 0.0219. The van der Waals surface area contributed by atoms with Crippen molar-refractivity contribution < 1.29 is 9.59 Å². The van der Waals surface area contributed by atoms with Crippen LogP contribution in [-0.2, 0) is 16.1 Å². The van der Waals surface area contributed by atoms with Crippen LogP contribution in [-0.4, -0.2) is 46.6 Å². The SMILES string of the molecule is CN(C)C(=O)Cn1ccc(NC(=O)C2CC3CCCC(C2)C3N)n1. The summed E-state index contributed by atoms with van der Waals surface area (Å²) in [5, 5.41) is 7.17. The number of aromatic nitrogens is 2. The van der Waals surface area contributed by atoms with Crippen molar-refractivity contribution >= 4 is 17.6 Å². The summed E-state index contributed by atoms with van der Waals surface area (Å²) in [6, 6.07) is 2.00. The number of hydrogen-bond acceptors (Lipinski definition) is 4. The normalized spacial score (nSPS) is 29.1. The number of anilines is 1. The molecule has 2 unspecified atom stereocenters. The standard InChI is InChI=1S/C17H27N5O2/c1-21(2)15(23)10-22-7-6-14(20-22)19-17(24)13-8-11-4-3-5-12(9-13)16(11)18/h6-7,11-13,16H,3-5,8-10,18H2,1-2H3,(H,19,20,24). The summed E-state index contributed by atoms with van der Waals surface area (Å²) in [5.41, 5.74) is 6.29. The topological polar surface area (TPSA) is 93.2 Å². The first-order valence-electron chi connectivity index (χ1n) is 8.74. The third kappa shape index (κ3) is 3.61. The second-order valence-corrected chi connectivity index (χ2v) is 7.37. The molecule has 2 fully saturated rings. The van der Waals surface area contributed by atoms with Crippen molar-refractivity contribution in [3.63, 3.8) is 0 Å². The summed E-state index contributed by atoms with van der Waals surface area (Å²) >= 11 is 0. The van der Waals surface area contributed by atoms with Gasteiger partial charge in [0.15, 0.2) is 5.82 Å². The summed E-state index contributed by atoms with van der Waals surface area (Å²) < 4.78 is 1.55. The molecule has 2 atom stereocenters. The van der Waals surface area contributed by atoms with Crippen molar-refractivity contribution in [3.05, 3.63) is 12.3 Å². The van der Waals surface area contributed by atoms with Crippen molar-refractivity contribution in [2.75, 3.05) is 19.4 Å². The highest BCUT2D eigenvalue weighted by molar-refractivity contribution is 5.91. The molecular weight excluding hydrogens is 306 g/mol. The molecule has 3 rings (SSSR count). The predicted molar refractivity (Wildman–Crippen MR) is 91.1 cm³/mol. The van der Waals surface area contributed by atoms with E-state index >= 15 is 0 Å². The van der Waals surface area contributed by atoms with Crippen LogP contribution in [0.5, 0.6) is 0 Å². The number of likely N-dealkylation sites (N-methyl/N-ethyl adjacent to an activating group) is 1. The van der Waals surface area contributed by atoms with Crippen LogP contribution < -0.4 is 11.1 Å². The number of fused-ring (bicyclic) bond motifs is 2. The van der Waals surface area contributed by atoms with Crippen molar-refractivity contribution in [1.29, 1.82) is 0 Å². The Balaban J connectivity index is 1.57. The van der Waals surface area contributed by atoms with Crippen molar-refractivity contribution in [2.24, 2.45) is 23.5 Å². The van der Waals surface area contributed by atoms with Gasteiger partial charge in [-0.25, -0.2) is 0 Å². The lowest BCUT2D eigenvalue weighted by molar-refractivity contribution is -0.129. The number of carbonyl (C=O) groups excluding carboxylic acids is 2. The Morgan fingerprint density at radius 2 is 2.00 bits per heavy atom. The monoisotopic (exact) mass is 333 g/mol. The van der Waals surface area contributed by atoms with Crippen molar-refractivity contribution in [3.8, 4) is 0 Å². The minimum Gasteiger partial charge on any atom is -0.347 e. The van der Waals surface area contributed by atoms with Gasteiger partial charge >= 0.3 is 0 Å². The Bertz CT molecular complexity index is 598. The lowest BCUT2D eigenvalue weighted by Crippen LogP contribution is -2.48. The van der Waals surface area contributed by atoms with E-state index in [2.05, 4.69) is 10.4 Å². The molecule has 0 aromatic carbocycles. The summed E-state index contributed by atoms with van der Waals surface area (Å²) in [6.07, 6.45) is 6.99. The number of nitrogens with zero attached hydrogens (tertiary/aromatic N) is 3. The Hall–Kier alpha value is -1.89. The molecule has 132 valence electrons. The van der Waals surface area contributed by atoms with Crippen LogP contribution in [0, 0.1) is 17.8 Å². The van der Waals surface area contributed by atoms with Gasteiger partial charge in [0.05, 0.1) is 0 Å². The zero-order valence-electron chi connectivity index (χ0n) is 14.4. The average molecular weight is 333 g/mol. The fraction of sp³-hybridized carbons (Fsp3) is 0.706. The van der Waals surface area contributed by atoms with Crippen LogP contribution in [0.1, 0.15) is 32.1 Å². The summed E-state index contributed by atoms with van der Waals surface area (Å²) in [5.74, 6) is 1.47. The van der Waals surface area contributed by atoms with Crippen LogP contribution in [0.15, 0.2) is 12.3 Å². The predicted octanol–water partition coefficient (Wildman–Crippen LogP) is 1.06. The van der Waals surface area contributed by atoms with Gasteiger partial charge in [0.25, 0.3) is 0 Å². The van der Waals surface area contributed by atoms with Gasteiger partial charge in [-0.2, -0.15) is 5.10 Å². The summed E-state index contributed by atoms with van der Waals surface area (Å²) in [7, 11) is 3.42. The molecule has 7 nitrogen and oxygen atoms in total. The Morgan fingerprint density at radius 1 is 1.33 bits per heavy atom. The molecule has 0 aliphatic heterocycles. The smallest absolute Gasteiger partial charge is 0.243 e. The van der Waals surface area contributed by atoms with E-state index in [0.717, 1.165) is 25.7 Å². The third-order valence-electron chi connectivity index (χ3n) is 5.47. The van der Waals surface area contributed by atoms with Gasteiger partial charge in [0.2, 0.25) is 11.8 Å². The molecule has 1 aromatic heterocycles. The van der Waals surface area contributed by atoms with E-state index in [1.165, 1.54) is 11.3 Å². The van der Waals surface area contributed by atoms with E-state index in [1.54, 1.807) is 31.0 Å². The second kappa shape index (κ2) is 6.93. The molecule has 24 heavy (non-hydrogen) atoms. The molecular formula is C17H27N5O2. The van der Waals surface area contributed by atoms with E-state index in [-0.39, 0.29) is 30.3 Å². The number of amides is 2. The molecule has 2 aliphatic carbocycles. The van der Waals surface area contributed by atoms with E-state index in [9.17, 15) is 9.59 Å². The van der Waals surface area contributed by atoms with Crippen LogP contribution in [0.3, 0.4) is 0 Å². The van der Waals surface area contributed by atoms with Gasteiger partial charge in [-0.15, -0.1) is 0 Å². The second-order valence-electron chi connectivity index (χ2n) is 7.37. The maximum Gasteiger partial charge on any atom is 0.243 e. The molecule has 1 heterocycles. The first kappa shape index (κ1) is 17.0. The molecule has 2 aliphatic rings. The summed E-state index contributed by atoms with van der Waals surface area (Å²) in [6.45, 7) is 0.172. The van der Waals surface area contributed by atoms with Crippen LogP contribution >= 0.6 is 0 Å². The zero-order chi connectivity index (χ0) is 17.3. The number of carbonyl (C=O) groups is 2. The van der Waals surface area contributed by atoms with Gasteiger partial charge < -0.3 is 16.0 Å². The molecule has 0 spiro atoms. The molecule has 3 N–H and O–H groups in total. The highest BCUT2D eigenvalue weighted by atomic mass is 16.2. The highest BCUT2D eigenvalue weighted by Crippen LogP contribution is 2.42. The van der Waals surface area contributed by atoms with Gasteiger partial charge in [-0.05, 0) is 37.5 Å². The maximum absolute atomic E-state index is 12.6. The summed E-state index contributed by atoms with van der Waals surface area (Å²) in [4.78, 5) is 25.8. The lowest BCUT2D eigenvalue weighted by atomic mass is 9.65. The van der Waals surface area contributed by atoms with Gasteiger partial charge in [-0.3, -0.25) is 14.3 Å². The average Bonchev–Trinajstić information content (AvgIpc) is 2.93. The Morgan fingerprint density at radius 3 is 2.62 bits per heavy atom. The fourth-order valence-electron chi connectivity index (χ4n) is 4.03. The minimum atomic E-state index is -0.0370. The van der Waals surface area contributed by atoms with E-state index in [1.807, 2.05) is 0 Å². The lowest BCUT2D eigenvalue weighted by Gasteiger charge is -2.43. The van der Waals surface area contributed by atoms with Crippen LogP contribution in [0.4, 0.5) is 5.82 Å². The van der Waals surface area contributed by atoms with E-state index in [0.29, 0.717) is 17.7 Å².